The Morgan fingerprint density at radius 3 is 2.71 bits per heavy atom. The van der Waals surface area contributed by atoms with Crippen LogP contribution in [0.5, 0.6) is 0 Å². The Kier molecular flexibility index (Phi) is 3.39. The summed E-state index contributed by atoms with van der Waals surface area (Å²) in [5, 5.41) is 8.15. The number of hydrogen-bond donors (Lipinski definition) is 1. The van der Waals surface area contributed by atoms with Gasteiger partial charge in [0.05, 0.1) is 11.9 Å². The Morgan fingerprint density at radius 2 is 2.18 bits per heavy atom. The first-order valence-corrected chi connectivity index (χ1v) is 6.92. The number of aromatic nitrogens is 3. The van der Waals surface area contributed by atoms with Gasteiger partial charge in [-0.1, -0.05) is 43.9 Å². The van der Waals surface area contributed by atoms with Crippen LogP contribution in [0.15, 0.2) is 15.0 Å². The van der Waals surface area contributed by atoms with Crippen molar-refractivity contribution < 1.29 is 4.42 Å². The summed E-state index contributed by atoms with van der Waals surface area (Å²) in [7, 11) is 0. The van der Waals surface area contributed by atoms with E-state index in [4.69, 9.17) is 10.2 Å². The van der Waals surface area contributed by atoms with Crippen molar-refractivity contribution in [2.45, 2.75) is 36.3 Å². The van der Waals surface area contributed by atoms with Gasteiger partial charge in [0.15, 0.2) is 4.34 Å². The van der Waals surface area contributed by atoms with Crippen molar-refractivity contribution in [1.82, 2.24) is 15.2 Å². The zero-order valence-electron chi connectivity index (χ0n) is 9.93. The van der Waals surface area contributed by atoms with Crippen LogP contribution in [0.3, 0.4) is 0 Å². The highest BCUT2D eigenvalue weighted by Gasteiger charge is 2.19. The fourth-order valence-corrected chi connectivity index (χ4v) is 2.62. The fraction of sp³-hybridized carbons (Fsp3) is 0.500. The molecular formula is C10H14N4OS2. The zero-order valence-corrected chi connectivity index (χ0v) is 11.6. The van der Waals surface area contributed by atoms with Gasteiger partial charge in [-0.15, -0.1) is 10.2 Å². The van der Waals surface area contributed by atoms with Gasteiger partial charge >= 0.3 is 0 Å². The Balaban J connectivity index is 1.98. The van der Waals surface area contributed by atoms with Gasteiger partial charge in [-0.25, -0.2) is 4.98 Å². The summed E-state index contributed by atoms with van der Waals surface area (Å²) in [4.78, 5) is 4.24. The Bertz CT molecular complexity index is 500. The lowest BCUT2D eigenvalue weighted by Crippen LogP contribution is -2.09. The first kappa shape index (κ1) is 12.4. The Hall–Kier alpha value is -1.08. The van der Waals surface area contributed by atoms with E-state index < -0.39 is 0 Å². The lowest BCUT2D eigenvalue weighted by Gasteiger charge is -2.12. The van der Waals surface area contributed by atoms with Crippen LogP contribution in [0.25, 0.3) is 0 Å². The lowest BCUT2D eigenvalue weighted by atomic mass is 9.94. The molecule has 0 amide bonds. The monoisotopic (exact) mass is 270 g/mol. The van der Waals surface area contributed by atoms with Crippen molar-refractivity contribution in [1.29, 1.82) is 0 Å². The van der Waals surface area contributed by atoms with E-state index >= 15 is 0 Å². The summed E-state index contributed by atoms with van der Waals surface area (Å²) in [5.41, 5.74) is 5.49. The molecule has 0 aromatic carbocycles. The van der Waals surface area contributed by atoms with E-state index in [0.29, 0.717) is 16.8 Å². The van der Waals surface area contributed by atoms with E-state index in [1.165, 1.54) is 23.1 Å². The topological polar surface area (TPSA) is 77.8 Å². The average Bonchev–Trinajstić information content (AvgIpc) is 2.82. The SMILES string of the molecule is CC(C)(C)c1cnc(CSc2nnc(N)s2)o1. The van der Waals surface area contributed by atoms with Crippen LogP contribution in [0.1, 0.15) is 32.4 Å². The molecule has 5 nitrogen and oxygen atoms in total. The predicted molar refractivity (Wildman–Crippen MR) is 69.1 cm³/mol. The van der Waals surface area contributed by atoms with E-state index in [1.807, 2.05) is 0 Å². The van der Waals surface area contributed by atoms with Crippen molar-refractivity contribution in [3.8, 4) is 0 Å². The van der Waals surface area contributed by atoms with Gasteiger partial charge < -0.3 is 10.2 Å². The number of anilines is 1. The third kappa shape index (κ3) is 3.19. The maximum Gasteiger partial charge on any atom is 0.204 e. The molecule has 92 valence electrons. The number of nitrogens with two attached hydrogens (primary N) is 1. The van der Waals surface area contributed by atoms with Crippen LogP contribution >= 0.6 is 23.1 Å². The molecule has 7 heteroatoms. The van der Waals surface area contributed by atoms with Crippen LogP contribution in [-0.2, 0) is 11.2 Å². The molecular weight excluding hydrogens is 256 g/mol. The van der Waals surface area contributed by atoms with Crippen LogP contribution < -0.4 is 5.73 Å². The molecule has 0 saturated carbocycles. The van der Waals surface area contributed by atoms with Gasteiger partial charge in [0.2, 0.25) is 11.0 Å². The average molecular weight is 270 g/mol. The summed E-state index contributed by atoms with van der Waals surface area (Å²) in [5.74, 6) is 2.24. The summed E-state index contributed by atoms with van der Waals surface area (Å²) < 4.78 is 6.50. The molecule has 2 aromatic rings. The third-order valence-electron chi connectivity index (χ3n) is 2.03. The second-order valence-electron chi connectivity index (χ2n) is 4.56. The highest BCUT2D eigenvalue weighted by molar-refractivity contribution is 8.00. The maximum absolute atomic E-state index is 5.67. The van der Waals surface area contributed by atoms with Gasteiger partial charge in [0.1, 0.15) is 5.76 Å². The van der Waals surface area contributed by atoms with Gasteiger partial charge in [0.25, 0.3) is 0 Å². The standard InChI is InChI=1S/C10H14N4OS2/c1-10(2,3)6-4-12-7(15-6)5-16-9-14-13-8(11)17-9/h4H,5H2,1-3H3,(H2,11,13). The molecule has 0 unspecified atom stereocenters. The van der Waals surface area contributed by atoms with Crippen molar-refractivity contribution in [2.24, 2.45) is 0 Å². The second kappa shape index (κ2) is 4.66. The van der Waals surface area contributed by atoms with E-state index in [1.54, 1.807) is 6.20 Å². The minimum Gasteiger partial charge on any atom is -0.444 e. The number of thioether (sulfide) groups is 1. The van der Waals surface area contributed by atoms with Crippen molar-refractivity contribution in [3.05, 3.63) is 17.8 Å². The van der Waals surface area contributed by atoms with Gasteiger partial charge in [-0.2, -0.15) is 0 Å². The molecule has 0 saturated heterocycles. The van der Waals surface area contributed by atoms with E-state index in [-0.39, 0.29) is 5.41 Å². The quantitative estimate of drug-likeness (QED) is 0.864. The third-order valence-corrected chi connectivity index (χ3v) is 3.90. The maximum atomic E-state index is 5.67. The highest BCUT2D eigenvalue weighted by Crippen LogP contribution is 2.28. The molecule has 0 aliphatic carbocycles. The molecule has 17 heavy (non-hydrogen) atoms. The largest absolute Gasteiger partial charge is 0.444 e. The molecule has 2 N–H and O–H groups in total. The van der Waals surface area contributed by atoms with Gasteiger partial charge in [0, 0.05) is 5.41 Å². The molecule has 0 fully saturated rings. The predicted octanol–water partition coefficient (Wildman–Crippen LogP) is 2.70. The number of rotatable bonds is 3. The van der Waals surface area contributed by atoms with Crippen LogP contribution in [0.4, 0.5) is 5.13 Å². The first-order valence-electron chi connectivity index (χ1n) is 5.12. The molecule has 2 heterocycles. The van der Waals surface area contributed by atoms with Crippen LogP contribution in [-0.4, -0.2) is 15.2 Å². The summed E-state index contributed by atoms with van der Waals surface area (Å²) in [6.45, 7) is 6.28. The Morgan fingerprint density at radius 1 is 1.41 bits per heavy atom. The molecule has 0 radical (unpaired) electrons. The normalized spacial score (nSPS) is 11.9. The van der Waals surface area contributed by atoms with E-state index in [0.717, 1.165) is 10.1 Å². The number of nitrogens with zero attached hydrogens (tertiary/aromatic N) is 3. The fourth-order valence-electron chi connectivity index (χ4n) is 1.13. The second-order valence-corrected chi connectivity index (χ2v) is 6.79. The highest BCUT2D eigenvalue weighted by atomic mass is 32.2. The lowest BCUT2D eigenvalue weighted by molar-refractivity contribution is 0.391. The van der Waals surface area contributed by atoms with E-state index in [9.17, 15) is 0 Å². The summed E-state index contributed by atoms with van der Waals surface area (Å²) in [6, 6.07) is 0. The molecule has 0 aliphatic rings. The summed E-state index contributed by atoms with van der Waals surface area (Å²) in [6.07, 6.45) is 1.78. The molecule has 0 atom stereocenters. The smallest absolute Gasteiger partial charge is 0.204 e. The molecule has 0 spiro atoms. The molecule has 2 rings (SSSR count). The molecule has 0 aliphatic heterocycles. The number of oxazole rings is 1. The number of nitrogen functional groups attached to an aromatic ring is 1. The van der Waals surface area contributed by atoms with Crippen molar-refractivity contribution in [2.75, 3.05) is 5.73 Å². The number of hydrogen-bond acceptors (Lipinski definition) is 7. The Labute approximate surface area is 108 Å². The zero-order chi connectivity index (χ0) is 12.5. The van der Waals surface area contributed by atoms with Crippen LogP contribution in [0.2, 0.25) is 0 Å². The minimum atomic E-state index is -0.0108. The van der Waals surface area contributed by atoms with Crippen molar-refractivity contribution >= 4 is 28.2 Å². The minimum absolute atomic E-state index is 0.0108. The molecule has 2 aromatic heterocycles. The van der Waals surface area contributed by atoms with Crippen LogP contribution in [0, 0.1) is 0 Å². The van der Waals surface area contributed by atoms with Gasteiger partial charge in [-0.3, -0.25) is 0 Å². The van der Waals surface area contributed by atoms with Gasteiger partial charge in [-0.05, 0) is 0 Å². The van der Waals surface area contributed by atoms with Crippen molar-refractivity contribution in [3.63, 3.8) is 0 Å². The summed E-state index contributed by atoms with van der Waals surface area (Å²) >= 11 is 2.90. The van der Waals surface area contributed by atoms with E-state index in [2.05, 4.69) is 36.0 Å². The first-order chi connectivity index (χ1) is 7.95. The molecule has 0 bridgehead atoms.